The zero-order valence-electron chi connectivity index (χ0n) is 6.81. The van der Waals surface area contributed by atoms with E-state index in [0.29, 0.717) is 5.41 Å². The molecule has 0 heterocycles. The van der Waals surface area contributed by atoms with E-state index in [2.05, 4.69) is 39.8 Å². The normalized spacial score (nSPS) is 34.2. The van der Waals surface area contributed by atoms with Crippen LogP contribution in [0.25, 0.3) is 0 Å². The standard InChI is InChI=1S/C9H16/c1-7-5-6-8(7)9(2,3)4/h5-8H,1-4H3. The van der Waals surface area contributed by atoms with Gasteiger partial charge in [0.2, 0.25) is 0 Å². The topological polar surface area (TPSA) is 0 Å². The summed E-state index contributed by atoms with van der Waals surface area (Å²) in [6, 6.07) is 0. The Hall–Kier alpha value is -0.260. The Morgan fingerprint density at radius 1 is 1.11 bits per heavy atom. The largest absolute Gasteiger partial charge is 0.0848 e. The zero-order valence-corrected chi connectivity index (χ0v) is 6.81. The molecular formula is C9H16. The van der Waals surface area contributed by atoms with Crippen molar-refractivity contribution in [3.63, 3.8) is 0 Å². The first kappa shape index (κ1) is 6.85. The molecule has 2 unspecified atom stereocenters. The predicted molar refractivity (Wildman–Crippen MR) is 41.2 cm³/mol. The molecule has 0 aliphatic heterocycles. The van der Waals surface area contributed by atoms with Crippen molar-refractivity contribution >= 4 is 0 Å². The molecule has 1 aliphatic rings. The van der Waals surface area contributed by atoms with Gasteiger partial charge in [0, 0.05) is 0 Å². The van der Waals surface area contributed by atoms with Crippen molar-refractivity contribution in [2.75, 3.05) is 0 Å². The highest BCUT2D eigenvalue weighted by molar-refractivity contribution is 5.10. The van der Waals surface area contributed by atoms with Gasteiger partial charge in [-0.15, -0.1) is 0 Å². The average molecular weight is 124 g/mol. The molecule has 2 atom stereocenters. The molecule has 0 heteroatoms. The fraction of sp³-hybridized carbons (Fsp3) is 0.778. The van der Waals surface area contributed by atoms with Crippen LogP contribution >= 0.6 is 0 Å². The van der Waals surface area contributed by atoms with Crippen LogP contribution in [-0.2, 0) is 0 Å². The maximum Gasteiger partial charge on any atom is -0.0124 e. The van der Waals surface area contributed by atoms with E-state index in [9.17, 15) is 0 Å². The van der Waals surface area contributed by atoms with E-state index in [0.717, 1.165) is 11.8 Å². The molecule has 0 radical (unpaired) electrons. The third-order valence-electron chi connectivity index (χ3n) is 2.19. The summed E-state index contributed by atoms with van der Waals surface area (Å²) >= 11 is 0. The summed E-state index contributed by atoms with van der Waals surface area (Å²) in [6.07, 6.45) is 4.61. The van der Waals surface area contributed by atoms with Gasteiger partial charge in [-0.1, -0.05) is 39.8 Å². The van der Waals surface area contributed by atoms with Crippen molar-refractivity contribution < 1.29 is 0 Å². The maximum atomic E-state index is 2.32. The molecule has 52 valence electrons. The second kappa shape index (κ2) is 1.86. The molecule has 0 aromatic heterocycles. The summed E-state index contributed by atoms with van der Waals surface area (Å²) < 4.78 is 0. The fourth-order valence-corrected chi connectivity index (χ4v) is 1.52. The van der Waals surface area contributed by atoms with Crippen LogP contribution in [0.2, 0.25) is 0 Å². The third kappa shape index (κ3) is 1.17. The molecule has 0 spiro atoms. The lowest BCUT2D eigenvalue weighted by Gasteiger charge is -2.37. The van der Waals surface area contributed by atoms with Gasteiger partial charge in [0.15, 0.2) is 0 Å². The Kier molecular flexibility index (Phi) is 1.42. The highest BCUT2D eigenvalue weighted by Crippen LogP contribution is 2.39. The molecular weight excluding hydrogens is 108 g/mol. The molecule has 0 amide bonds. The predicted octanol–water partition coefficient (Wildman–Crippen LogP) is 2.85. The Morgan fingerprint density at radius 2 is 1.67 bits per heavy atom. The van der Waals surface area contributed by atoms with Gasteiger partial charge in [0.1, 0.15) is 0 Å². The number of hydrogen-bond acceptors (Lipinski definition) is 0. The molecule has 0 saturated carbocycles. The van der Waals surface area contributed by atoms with Crippen LogP contribution in [0, 0.1) is 17.3 Å². The first-order valence-corrected chi connectivity index (χ1v) is 3.70. The highest BCUT2D eigenvalue weighted by Gasteiger charge is 2.30. The van der Waals surface area contributed by atoms with Crippen LogP contribution in [0.15, 0.2) is 12.2 Å². The summed E-state index contributed by atoms with van der Waals surface area (Å²) in [7, 11) is 0. The Balaban J connectivity index is 2.57. The van der Waals surface area contributed by atoms with Crippen molar-refractivity contribution in [2.24, 2.45) is 17.3 Å². The lowest BCUT2D eigenvalue weighted by Crippen LogP contribution is -2.29. The van der Waals surface area contributed by atoms with Crippen LogP contribution in [0.4, 0.5) is 0 Å². The van der Waals surface area contributed by atoms with Crippen molar-refractivity contribution in [1.82, 2.24) is 0 Å². The van der Waals surface area contributed by atoms with Crippen LogP contribution in [0.1, 0.15) is 27.7 Å². The molecule has 9 heavy (non-hydrogen) atoms. The molecule has 0 bridgehead atoms. The lowest BCUT2D eigenvalue weighted by molar-refractivity contribution is 0.221. The first-order valence-electron chi connectivity index (χ1n) is 3.70. The van der Waals surface area contributed by atoms with Gasteiger partial charge in [0.05, 0.1) is 0 Å². The number of rotatable bonds is 0. The monoisotopic (exact) mass is 124 g/mol. The van der Waals surface area contributed by atoms with E-state index in [-0.39, 0.29) is 0 Å². The van der Waals surface area contributed by atoms with E-state index < -0.39 is 0 Å². The highest BCUT2D eigenvalue weighted by atomic mass is 14.4. The smallest absolute Gasteiger partial charge is 0.0124 e. The van der Waals surface area contributed by atoms with Gasteiger partial charge in [-0.2, -0.15) is 0 Å². The summed E-state index contributed by atoms with van der Waals surface area (Å²) in [5, 5.41) is 0. The number of hydrogen-bond donors (Lipinski definition) is 0. The van der Waals surface area contributed by atoms with Gasteiger partial charge in [0.25, 0.3) is 0 Å². The molecule has 0 saturated heterocycles. The SMILES string of the molecule is CC1C=CC1C(C)(C)C. The van der Waals surface area contributed by atoms with Crippen molar-refractivity contribution in [3.8, 4) is 0 Å². The Labute approximate surface area is 58.0 Å². The van der Waals surface area contributed by atoms with Gasteiger partial charge >= 0.3 is 0 Å². The van der Waals surface area contributed by atoms with Crippen LogP contribution < -0.4 is 0 Å². The number of allylic oxidation sites excluding steroid dienone is 2. The van der Waals surface area contributed by atoms with Gasteiger partial charge in [-0.25, -0.2) is 0 Å². The van der Waals surface area contributed by atoms with E-state index >= 15 is 0 Å². The van der Waals surface area contributed by atoms with Gasteiger partial charge in [-0.05, 0) is 17.3 Å². The second-order valence-corrected chi connectivity index (χ2v) is 4.14. The average Bonchev–Trinajstić information content (AvgIpc) is 1.57. The van der Waals surface area contributed by atoms with Gasteiger partial charge in [-0.3, -0.25) is 0 Å². The fourth-order valence-electron chi connectivity index (χ4n) is 1.52. The summed E-state index contributed by atoms with van der Waals surface area (Å²) in [5.41, 5.74) is 0.480. The minimum absolute atomic E-state index is 0.480. The zero-order chi connectivity index (χ0) is 7.07. The molecule has 0 fully saturated rings. The lowest BCUT2D eigenvalue weighted by atomic mass is 9.68. The molecule has 1 rings (SSSR count). The van der Waals surface area contributed by atoms with Crippen molar-refractivity contribution in [3.05, 3.63) is 12.2 Å². The first-order chi connectivity index (χ1) is 4.02. The maximum absolute atomic E-state index is 2.32. The third-order valence-corrected chi connectivity index (χ3v) is 2.19. The second-order valence-electron chi connectivity index (χ2n) is 4.14. The van der Waals surface area contributed by atoms with Crippen molar-refractivity contribution in [1.29, 1.82) is 0 Å². The molecule has 0 N–H and O–H groups in total. The molecule has 0 aromatic carbocycles. The summed E-state index contributed by atoms with van der Waals surface area (Å²) in [6.45, 7) is 9.20. The van der Waals surface area contributed by atoms with Crippen LogP contribution in [-0.4, -0.2) is 0 Å². The van der Waals surface area contributed by atoms with Crippen LogP contribution in [0.5, 0.6) is 0 Å². The van der Waals surface area contributed by atoms with E-state index in [1.165, 1.54) is 0 Å². The molecule has 1 aliphatic carbocycles. The Morgan fingerprint density at radius 3 is 1.67 bits per heavy atom. The van der Waals surface area contributed by atoms with Crippen molar-refractivity contribution in [2.45, 2.75) is 27.7 Å². The minimum atomic E-state index is 0.480. The summed E-state index contributed by atoms with van der Waals surface area (Å²) in [5.74, 6) is 1.63. The summed E-state index contributed by atoms with van der Waals surface area (Å²) in [4.78, 5) is 0. The molecule has 0 aromatic rings. The Bertz CT molecular complexity index is 125. The minimum Gasteiger partial charge on any atom is -0.0848 e. The van der Waals surface area contributed by atoms with E-state index in [1.54, 1.807) is 0 Å². The quantitative estimate of drug-likeness (QED) is 0.435. The van der Waals surface area contributed by atoms with E-state index in [4.69, 9.17) is 0 Å². The molecule has 0 nitrogen and oxygen atoms in total. The van der Waals surface area contributed by atoms with Crippen LogP contribution in [0.3, 0.4) is 0 Å². The van der Waals surface area contributed by atoms with E-state index in [1.807, 2.05) is 0 Å². The van der Waals surface area contributed by atoms with Gasteiger partial charge < -0.3 is 0 Å².